The number of hydrogen-bond acceptors (Lipinski definition) is 3. The van der Waals surface area contributed by atoms with Gasteiger partial charge in [0.1, 0.15) is 0 Å². The van der Waals surface area contributed by atoms with Crippen LogP contribution in [0.3, 0.4) is 0 Å². The Morgan fingerprint density at radius 3 is 2.61 bits per heavy atom. The number of carbonyl (C=O) groups excluding carboxylic acids is 1. The van der Waals surface area contributed by atoms with Gasteiger partial charge in [0.25, 0.3) is 0 Å². The fourth-order valence-electron chi connectivity index (χ4n) is 4.29. The topological polar surface area (TPSA) is 73.8 Å². The summed E-state index contributed by atoms with van der Waals surface area (Å²) in [4.78, 5) is 19.4. The van der Waals surface area contributed by atoms with Crippen molar-refractivity contribution in [1.29, 1.82) is 0 Å². The highest BCUT2D eigenvalue weighted by molar-refractivity contribution is 14.0. The van der Waals surface area contributed by atoms with Crippen molar-refractivity contribution in [1.82, 2.24) is 15.5 Å². The quantitative estimate of drug-likeness (QED) is 0.291. The van der Waals surface area contributed by atoms with E-state index in [0.29, 0.717) is 24.0 Å². The highest BCUT2D eigenvalue weighted by atomic mass is 127. The van der Waals surface area contributed by atoms with Crippen LogP contribution < -0.4 is 10.6 Å². The number of rotatable bonds is 8. The molecule has 0 bridgehead atoms. The normalized spacial score (nSPS) is 20.7. The number of nitrogens with one attached hydrogen (secondary N) is 2. The Morgan fingerprint density at radius 1 is 1.16 bits per heavy atom. The largest absolute Gasteiger partial charge is 0.357 e. The van der Waals surface area contributed by atoms with Crippen LogP contribution in [0.15, 0.2) is 35.3 Å². The summed E-state index contributed by atoms with van der Waals surface area (Å²) in [6, 6.07) is 10.2. The number of carbonyl (C=O) groups is 1. The Hall–Kier alpha value is -1.16. The lowest BCUT2D eigenvalue weighted by Gasteiger charge is -2.26. The molecule has 31 heavy (non-hydrogen) atoms. The van der Waals surface area contributed by atoms with Gasteiger partial charge in [0.05, 0.1) is 6.54 Å². The molecular weight excluding hydrogens is 523 g/mol. The van der Waals surface area contributed by atoms with E-state index >= 15 is 0 Å². The molecule has 1 saturated carbocycles. The molecule has 2 N–H and O–H groups in total. The number of benzene rings is 1. The second-order valence-corrected chi connectivity index (χ2v) is 9.86. The Morgan fingerprint density at radius 2 is 1.90 bits per heavy atom. The van der Waals surface area contributed by atoms with E-state index in [-0.39, 0.29) is 35.9 Å². The number of likely N-dealkylation sites (tertiary alicyclic amines) is 1. The van der Waals surface area contributed by atoms with Gasteiger partial charge < -0.3 is 15.5 Å². The Balaban J connectivity index is 0.00000341. The minimum Gasteiger partial charge on any atom is -0.357 e. The number of amides is 1. The van der Waals surface area contributed by atoms with Crippen molar-refractivity contribution < 1.29 is 9.00 Å². The van der Waals surface area contributed by atoms with Crippen LogP contribution in [-0.4, -0.2) is 58.9 Å². The number of aliphatic imine (C=N–C) groups is 1. The molecule has 3 rings (SSSR count). The van der Waals surface area contributed by atoms with Crippen molar-refractivity contribution in [2.24, 2.45) is 10.9 Å². The van der Waals surface area contributed by atoms with E-state index in [4.69, 9.17) is 0 Å². The zero-order valence-electron chi connectivity index (χ0n) is 18.6. The SMILES string of the molecule is CCNC(=NCCS(=O)Cc1ccccc1)NC1CCN(C(=O)C2CCCCC2)C1.I. The number of halogens is 1. The lowest BCUT2D eigenvalue weighted by Crippen LogP contribution is -2.45. The minimum absolute atomic E-state index is 0. The fraction of sp³-hybridized carbons (Fsp3) is 0.652. The molecule has 174 valence electrons. The first kappa shape index (κ1) is 26.1. The van der Waals surface area contributed by atoms with E-state index in [1.807, 2.05) is 42.2 Å². The molecule has 1 aliphatic heterocycles. The van der Waals surface area contributed by atoms with Crippen LogP contribution in [0.2, 0.25) is 0 Å². The third-order valence-electron chi connectivity index (χ3n) is 5.90. The molecule has 0 aromatic heterocycles. The van der Waals surface area contributed by atoms with E-state index in [2.05, 4.69) is 15.6 Å². The highest BCUT2D eigenvalue weighted by Crippen LogP contribution is 2.26. The van der Waals surface area contributed by atoms with Gasteiger partial charge in [0.15, 0.2) is 5.96 Å². The molecule has 2 atom stereocenters. The summed E-state index contributed by atoms with van der Waals surface area (Å²) in [7, 11) is -0.926. The first-order valence-corrected chi connectivity index (χ1v) is 12.9. The van der Waals surface area contributed by atoms with Crippen molar-refractivity contribution in [3.05, 3.63) is 35.9 Å². The van der Waals surface area contributed by atoms with Gasteiger partial charge in [0, 0.05) is 53.9 Å². The zero-order valence-corrected chi connectivity index (χ0v) is 21.7. The molecule has 1 aromatic carbocycles. The lowest BCUT2D eigenvalue weighted by molar-refractivity contribution is -0.135. The van der Waals surface area contributed by atoms with Gasteiger partial charge in [-0.25, -0.2) is 0 Å². The number of guanidine groups is 1. The van der Waals surface area contributed by atoms with E-state index in [0.717, 1.165) is 50.4 Å². The summed E-state index contributed by atoms with van der Waals surface area (Å²) in [6.45, 7) is 4.91. The molecule has 0 radical (unpaired) electrons. The Bertz CT molecular complexity index is 726. The lowest BCUT2D eigenvalue weighted by atomic mass is 9.88. The standard InChI is InChI=1S/C23H36N4O2S.HI/c1-2-24-23(25-14-16-30(29)18-19-9-5-3-6-10-19)26-21-13-15-27(17-21)22(28)20-11-7-4-8-12-20;/h3,5-6,9-10,20-21H,2,4,7-8,11-18H2,1H3,(H2,24,25,26);1H. The van der Waals surface area contributed by atoms with Crippen LogP contribution in [0, 0.1) is 5.92 Å². The van der Waals surface area contributed by atoms with E-state index in [9.17, 15) is 9.00 Å². The highest BCUT2D eigenvalue weighted by Gasteiger charge is 2.31. The van der Waals surface area contributed by atoms with E-state index in [1.165, 1.54) is 19.3 Å². The molecule has 1 heterocycles. The molecule has 0 spiro atoms. The molecule has 6 nitrogen and oxygen atoms in total. The van der Waals surface area contributed by atoms with Crippen LogP contribution in [-0.2, 0) is 21.3 Å². The monoisotopic (exact) mass is 560 g/mol. The molecule has 1 saturated heterocycles. The first-order valence-electron chi connectivity index (χ1n) is 11.4. The van der Waals surface area contributed by atoms with Gasteiger partial charge in [-0.05, 0) is 31.7 Å². The maximum atomic E-state index is 12.8. The van der Waals surface area contributed by atoms with Crippen LogP contribution in [0.25, 0.3) is 0 Å². The van der Waals surface area contributed by atoms with Gasteiger partial charge in [-0.1, -0.05) is 49.6 Å². The Labute approximate surface area is 206 Å². The van der Waals surface area contributed by atoms with Crippen molar-refractivity contribution in [2.45, 2.75) is 57.2 Å². The van der Waals surface area contributed by atoms with Crippen LogP contribution in [0.4, 0.5) is 0 Å². The van der Waals surface area contributed by atoms with Crippen molar-refractivity contribution in [3.63, 3.8) is 0 Å². The van der Waals surface area contributed by atoms with Gasteiger partial charge in [-0.2, -0.15) is 0 Å². The predicted octanol–water partition coefficient (Wildman–Crippen LogP) is 3.29. The summed E-state index contributed by atoms with van der Waals surface area (Å²) in [5.41, 5.74) is 1.10. The van der Waals surface area contributed by atoms with Gasteiger partial charge in [-0.15, -0.1) is 24.0 Å². The van der Waals surface area contributed by atoms with Crippen molar-refractivity contribution >= 4 is 46.6 Å². The first-order chi connectivity index (χ1) is 14.7. The maximum absolute atomic E-state index is 12.8. The average Bonchev–Trinajstić information content (AvgIpc) is 3.23. The minimum atomic E-state index is -0.926. The second-order valence-electron chi connectivity index (χ2n) is 8.28. The molecule has 2 fully saturated rings. The molecule has 1 aromatic rings. The maximum Gasteiger partial charge on any atom is 0.225 e. The average molecular weight is 561 g/mol. The van der Waals surface area contributed by atoms with E-state index in [1.54, 1.807) is 0 Å². The predicted molar refractivity (Wildman–Crippen MR) is 139 cm³/mol. The van der Waals surface area contributed by atoms with Crippen LogP contribution in [0.5, 0.6) is 0 Å². The smallest absolute Gasteiger partial charge is 0.225 e. The summed E-state index contributed by atoms with van der Waals surface area (Å²) in [6.07, 6.45) is 6.70. The molecule has 1 aliphatic carbocycles. The second kappa shape index (κ2) is 14.1. The van der Waals surface area contributed by atoms with Crippen LogP contribution >= 0.6 is 24.0 Å². The van der Waals surface area contributed by atoms with Gasteiger partial charge >= 0.3 is 0 Å². The zero-order chi connectivity index (χ0) is 21.2. The number of nitrogens with zero attached hydrogens (tertiary/aromatic N) is 2. The number of hydrogen-bond donors (Lipinski definition) is 2. The summed E-state index contributed by atoms with van der Waals surface area (Å²) < 4.78 is 12.3. The molecular formula is C23H37IN4O2S. The Kier molecular flexibility index (Phi) is 11.9. The summed E-state index contributed by atoms with van der Waals surface area (Å²) >= 11 is 0. The van der Waals surface area contributed by atoms with Crippen molar-refractivity contribution in [2.75, 3.05) is 31.9 Å². The van der Waals surface area contributed by atoms with Crippen LogP contribution in [0.1, 0.15) is 51.0 Å². The summed E-state index contributed by atoms with van der Waals surface area (Å²) in [5.74, 6) is 2.45. The van der Waals surface area contributed by atoms with Gasteiger partial charge in [-0.3, -0.25) is 14.0 Å². The summed E-state index contributed by atoms with van der Waals surface area (Å²) in [5, 5.41) is 6.75. The third kappa shape index (κ3) is 8.71. The molecule has 1 amide bonds. The molecule has 2 unspecified atom stereocenters. The molecule has 8 heteroatoms. The third-order valence-corrected chi connectivity index (χ3v) is 7.19. The molecule has 2 aliphatic rings. The van der Waals surface area contributed by atoms with Gasteiger partial charge in [0.2, 0.25) is 5.91 Å². The fourth-order valence-corrected chi connectivity index (χ4v) is 5.29. The van der Waals surface area contributed by atoms with Crippen molar-refractivity contribution in [3.8, 4) is 0 Å². The van der Waals surface area contributed by atoms with E-state index < -0.39 is 10.8 Å².